The maximum atomic E-state index is 12.2. The van der Waals surface area contributed by atoms with Crippen LogP contribution < -0.4 is 10.1 Å². The summed E-state index contributed by atoms with van der Waals surface area (Å²) < 4.78 is 30.6. The van der Waals surface area contributed by atoms with Crippen LogP contribution in [0.5, 0.6) is 5.75 Å². The van der Waals surface area contributed by atoms with E-state index < -0.39 is 13.0 Å². The molecule has 0 amide bonds. The minimum atomic E-state index is -2.45. The van der Waals surface area contributed by atoms with Gasteiger partial charge in [0.1, 0.15) is 12.4 Å². The summed E-state index contributed by atoms with van der Waals surface area (Å²) in [5, 5.41) is 3.37. The molecule has 5 heteroatoms. The van der Waals surface area contributed by atoms with E-state index in [0.717, 1.165) is 15.6 Å². The van der Waals surface area contributed by atoms with E-state index in [4.69, 9.17) is 4.74 Å². The molecule has 0 radical (unpaired) electrons. The fourth-order valence-corrected chi connectivity index (χ4v) is 2.44. The van der Waals surface area contributed by atoms with E-state index in [1.54, 1.807) is 0 Å². The van der Waals surface area contributed by atoms with Gasteiger partial charge in [0.15, 0.2) is 0 Å². The molecule has 100 valence electrons. The maximum absolute atomic E-state index is 12.2. The summed E-state index contributed by atoms with van der Waals surface area (Å²) >= 11 is 3.42. The summed E-state index contributed by atoms with van der Waals surface area (Å²) in [5.74, 6) is 0.576. The first-order chi connectivity index (χ1) is 8.56. The Balaban J connectivity index is 2.11. The van der Waals surface area contributed by atoms with Gasteiger partial charge in [-0.15, -0.1) is 0 Å². The van der Waals surface area contributed by atoms with Crippen molar-refractivity contribution in [2.24, 2.45) is 0 Å². The third-order valence-corrected chi connectivity index (χ3v) is 3.29. The highest BCUT2D eigenvalue weighted by Crippen LogP contribution is 2.29. The number of benzene rings is 1. The lowest BCUT2D eigenvalue weighted by Gasteiger charge is -2.15. The number of ether oxygens (including phenoxy) is 1. The molecule has 1 fully saturated rings. The van der Waals surface area contributed by atoms with E-state index in [0.29, 0.717) is 18.3 Å². The van der Waals surface area contributed by atoms with Crippen molar-refractivity contribution in [3.63, 3.8) is 0 Å². The first kappa shape index (κ1) is 13.7. The predicted octanol–water partition coefficient (Wildman–Crippen LogP) is 3.65. The topological polar surface area (TPSA) is 21.3 Å². The fraction of sp³-hybridized carbons (Fsp3) is 0.538. The summed E-state index contributed by atoms with van der Waals surface area (Å²) in [4.78, 5) is 0. The van der Waals surface area contributed by atoms with Crippen molar-refractivity contribution in [1.82, 2.24) is 5.32 Å². The van der Waals surface area contributed by atoms with Crippen LogP contribution in [0.2, 0.25) is 0 Å². The van der Waals surface area contributed by atoms with Crippen molar-refractivity contribution in [3.8, 4) is 5.75 Å². The van der Waals surface area contributed by atoms with Crippen molar-refractivity contribution >= 4 is 15.9 Å². The molecule has 0 saturated heterocycles. The summed E-state index contributed by atoms with van der Waals surface area (Å²) in [5.41, 5.74) is 1.80. The molecule has 1 aliphatic rings. The summed E-state index contributed by atoms with van der Waals surface area (Å²) in [6, 6.07) is 4.37. The monoisotopic (exact) mass is 319 g/mol. The van der Waals surface area contributed by atoms with Gasteiger partial charge < -0.3 is 10.1 Å². The van der Waals surface area contributed by atoms with Gasteiger partial charge in [0.05, 0.1) is 0 Å². The SMILES string of the molecule is Cc1cc(Br)cc(CNC2CC2)c1OCC(F)F. The molecule has 0 spiro atoms. The number of alkyl halides is 2. The Labute approximate surface area is 114 Å². The zero-order valence-corrected chi connectivity index (χ0v) is 11.8. The Morgan fingerprint density at radius 1 is 1.44 bits per heavy atom. The van der Waals surface area contributed by atoms with Crippen LogP contribution in [0, 0.1) is 6.92 Å². The molecule has 0 aliphatic heterocycles. The Morgan fingerprint density at radius 2 is 2.17 bits per heavy atom. The molecular formula is C13H16BrF2NO. The third kappa shape index (κ3) is 3.92. The summed E-state index contributed by atoms with van der Waals surface area (Å²) in [6.45, 7) is 1.97. The minimum Gasteiger partial charge on any atom is -0.487 e. The molecule has 0 aromatic heterocycles. The van der Waals surface area contributed by atoms with Crippen LogP contribution >= 0.6 is 15.9 Å². The van der Waals surface area contributed by atoms with E-state index in [2.05, 4.69) is 21.2 Å². The van der Waals surface area contributed by atoms with Gasteiger partial charge in [0.2, 0.25) is 0 Å². The van der Waals surface area contributed by atoms with Crippen LogP contribution in [0.4, 0.5) is 8.78 Å². The zero-order valence-electron chi connectivity index (χ0n) is 10.2. The molecule has 0 bridgehead atoms. The molecule has 2 rings (SSSR count). The van der Waals surface area contributed by atoms with Crippen molar-refractivity contribution in [1.29, 1.82) is 0 Å². The summed E-state index contributed by atoms with van der Waals surface area (Å²) in [7, 11) is 0. The molecule has 0 heterocycles. The second-order valence-electron chi connectivity index (χ2n) is 4.57. The second kappa shape index (κ2) is 5.97. The zero-order chi connectivity index (χ0) is 13.1. The van der Waals surface area contributed by atoms with Crippen molar-refractivity contribution < 1.29 is 13.5 Å². The average molecular weight is 320 g/mol. The van der Waals surface area contributed by atoms with Gasteiger partial charge in [-0.2, -0.15) is 0 Å². The second-order valence-corrected chi connectivity index (χ2v) is 5.48. The number of rotatable bonds is 6. The van der Waals surface area contributed by atoms with Crippen LogP contribution in [0.25, 0.3) is 0 Å². The molecule has 0 atom stereocenters. The van der Waals surface area contributed by atoms with Crippen LogP contribution in [0.3, 0.4) is 0 Å². The van der Waals surface area contributed by atoms with Crippen molar-refractivity contribution in [2.45, 2.75) is 38.8 Å². The van der Waals surface area contributed by atoms with Crippen LogP contribution in [0.15, 0.2) is 16.6 Å². The van der Waals surface area contributed by atoms with Crippen molar-refractivity contribution in [3.05, 3.63) is 27.7 Å². The van der Waals surface area contributed by atoms with Crippen molar-refractivity contribution in [2.75, 3.05) is 6.61 Å². The Bertz CT molecular complexity index is 422. The Morgan fingerprint density at radius 3 is 2.78 bits per heavy atom. The van der Waals surface area contributed by atoms with Gasteiger partial charge in [-0.25, -0.2) is 8.78 Å². The quantitative estimate of drug-likeness (QED) is 0.864. The smallest absolute Gasteiger partial charge is 0.272 e. The van der Waals surface area contributed by atoms with Gasteiger partial charge in [0, 0.05) is 22.6 Å². The number of aryl methyl sites for hydroxylation is 1. The van der Waals surface area contributed by atoms with Crippen LogP contribution in [-0.4, -0.2) is 19.1 Å². The molecule has 1 aromatic rings. The Hall–Kier alpha value is -0.680. The lowest BCUT2D eigenvalue weighted by atomic mass is 10.1. The highest BCUT2D eigenvalue weighted by molar-refractivity contribution is 9.10. The summed E-state index contributed by atoms with van der Waals surface area (Å²) in [6.07, 6.45) is -0.0577. The lowest BCUT2D eigenvalue weighted by molar-refractivity contribution is 0.0810. The number of hydrogen-bond acceptors (Lipinski definition) is 2. The van der Waals surface area contributed by atoms with E-state index >= 15 is 0 Å². The number of hydrogen-bond donors (Lipinski definition) is 1. The van der Waals surface area contributed by atoms with Gasteiger partial charge in [0.25, 0.3) is 6.43 Å². The van der Waals surface area contributed by atoms with Gasteiger partial charge >= 0.3 is 0 Å². The third-order valence-electron chi connectivity index (χ3n) is 2.83. The largest absolute Gasteiger partial charge is 0.487 e. The maximum Gasteiger partial charge on any atom is 0.272 e. The van der Waals surface area contributed by atoms with E-state index in [9.17, 15) is 8.78 Å². The Kier molecular flexibility index (Phi) is 4.56. The number of halogens is 3. The normalized spacial score (nSPS) is 15.2. The van der Waals surface area contributed by atoms with E-state index in [1.807, 2.05) is 19.1 Å². The van der Waals surface area contributed by atoms with Gasteiger partial charge in [-0.1, -0.05) is 15.9 Å². The van der Waals surface area contributed by atoms with Crippen LogP contribution in [0.1, 0.15) is 24.0 Å². The standard InChI is InChI=1S/C13H16BrF2NO/c1-8-4-10(14)5-9(6-17-11-2-3-11)13(8)18-7-12(15)16/h4-5,11-12,17H,2-3,6-7H2,1H3. The molecule has 1 N–H and O–H groups in total. The molecule has 18 heavy (non-hydrogen) atoms. The van der Waals surface area contributed by atoms with E-state index in [-0.39, 0.29) is 0 Å². The first-order valence-corrected chi connectivity index (χ1v) is 6.79. The molecule has 1 saturated carbocycles. The van der Waals surface area contributed by atoms with Gasteiger partial charge in [-0.05, 0) is 37.5 Å². The highest BCUT2D eigenvalue weighted by Gasteiger charge is 2.21. The highest BCUT2D eigenvalue weighted by atomic mass is 79.9. The van der Waals surface area contributed by atoms with E-state index in [1.165, 1.54) is 12.8 Å². The lowest BCUT2D eigenvalue weighted by Crippen LogP contribution is -2.17. The first-order valence-electron chi connectivity index (χ1n) is 5.99. The van der Waals surface area contributed by atoms with Gasteiger partial charge in [-0.3, -0.25) is 0 Å². The fourth-order valence-electron chi connectivity index (χ4n) is 1.83. The van der Waals surface area contributed by atoms with Crippen LogP contribution in [-0.2, 0) is 6.54 Å². The molecule has 2 nitrogen and oxygen atoms in total. The predicted molar refractivity (Wildman–Crippen MR) is 70.2 cm³/mol. The molecule has 0 unspecified atom stereocenters. The average Bonchev–Trinajstić information content (AvgIpc) is 3.08. The number of nitrogens with one attached hydrogen (secondary N) is 1. The molecule has 1 aliphatic carbocycles. The minimum absolute atomic E-state index is 0.557. The molecule has 1 aromatic carbocycles. The molecular weight excluding hydrogens is 304 g/mol.